The average Bonchev–Trinajstić information content (AvgIpc) is 3.49. The molecule has 0 aromatic carbocycles. The molecule has 8 N–H and O–H groups in total. The van der Waals surface area contributed by atoms with Crippen LogP contribution < -0.4 is 22.1 Å². The SMILES string of the molecule is CC(C)CC(N)C(=O)NC(Cc1cnc[nH]1)C(=O)NC(CCCCN)C(=O)N1CCCC1C(=O)O. The fraction of sp³-hybridized carbons (Fsp3) is 0.696. The lowest BCUT2D eigenvalue weighted by Crippen LogP contribution is -2.57. The highest BCUT2D eigenvalue weighted by Gasteiger charge is 2.38. The number of aromatic amines is 1. The highest BCUT2D eigenvalue weighted by Crippen LogP contribution is 2.20. The van der Waals surface area contributed by atoms with Gasteiger partial charge in [-0.1, -0.05) is 13.8 Å². The van der Waals surface area contributed by atoms with Crippen LogP contribution in [0, 0.1) is 5.92 Å². The number of carboxylic acids is 1. The van der Waals surface area contributed by atoms with Crippen LogP contribution in [-0.2, 0) is 25.6 Å². The van der Waals surface area contributed by atoms with Crippen molar-refractivity contribution in [2.75, 3.05) is 13.1 Å². The van der Waals surface area contributed by atoms with Crippen molar-refractivity contribution in [3.8, 4) is 0 Å². The third-order valence-corrected chi connectivity index (χ3v) is 6.06. The molecule has 1 aromatic heterocycles. The van der Waals surface area contributed by atoms with Gasteiger partial charge in [-0.25, -0.2) is 9.78 Å². The van der Waals surface area contributed by atoms with Crippen molar-refractivity contribution in [2.24, 2.45) is 17.4 Å². The van der Waals surface area contributed by atoms with E-state index in [4.69, 9.17) is 11.5 Å². The summed E-state index contributed by atoms with van der Waals surface area (Å²) in [5, 5.41) is 15.0. The Bertz CT molecular complexity index is 845. The van der Waals surface area contributed by atoms with Crippen LogP contribution >= 0.6 is 0 Å². The van der Waals surface area contributed by atoms with E-state index in [1.54, 1.807) is 6.20 Å². The maximum atomic E-state index is 13.3. The van der Waals surface area contributed by atoms with Gasteiger partial charge in [0, 0.05) is 24.9 Å². The summed E-state index contributed by atoms with van der Waals surface area (Å²) in [6.45, 7) is 4.64. The van der Waals surface area contributed by atoms with Crippen LogP contribution in [0.5, 0.6) is 0 Å². The molecule has 0 saturated carbocycles. The molecule has 1 fully saturated rings. The van der Waals surface area contributed by atoms with Crippen LogP contribution in [-0.4, -0.2) is 80.9 Å². The molecule has 0 bridgehead atoms. The number of likely N-dealkylation sites (tertiary alicyclic amines) is 1. The van der Waals surface area contributed by atoms with Gasteiger partial charge in [0.1, 0.15) is 18.1 Å². The summed E-state index contributed by atoms with van der Waals surface area (Å²) in [4.78, 5) is 59.1. The smallest absolute Gasteiger partial charge is 0.326 e. The predicted octanol–water partition coefficient (Wildman–Crippen LogP) is -0.500. The van der Waals surface area contributed by atoms with E-state index in [0.29, 0.717) is 57.3 Å². The third-order valence-electron chi connectivity index (χ3n) is 6.06. The molecule has 4 atom stereocenters. The molecule has 196 valence electrons. The Hall–Kier alpha value is -2.99. The molecule has 1 aliphatic rings. The number of imidazole rings is 1. The number of rotatable bonds is 14. The number of hydrogen-bond donors (Lipinski definition) is 6. The second-order valence-electron chi connectivity index (χ2n) is 9.45. The van der Waals surface area contributed by atoms with E-state index in [0.717, 1.165) is 0 Å². The van der Waals surface area contributed by atoms with Gasteiger partial charge < -0.3 is 37.1 Å². The quantitative estimate of drug-likeness (QED) is 0.186. The second-order valence-corrected chi connectivity index (χ2v) is 9.45. The molecule has 35 heavy (non-hydrogen) atoms. The van der Waals surface area contributed by atoms with Gasteiger partial charge in [0.25, 0.3) is 0 Å². The van der Waals surface area contributed by atoms with Crippen molar-refractivity contribution in [3.63, 3.8) is 0 Å². The van der Waals surface area contributed by atoms with Crippen molar-refractivity contribution < 1.29 is 24.3 Å². The van der Waals surface area contributed by atoms with E-state index < -0.39 is 47.9 Å². The first kappa shape index (κ1) is 28.2. The molecule has 12 heteroatoms. The zero-order valence-corrected chi connectivity index (χ0v) is 20.5. The molecule has 1 aromatic rings. The van der Waals surface area contributed by atoms with E-state index in [1.165, 1.54) is 11.2 Å². The molecule has 0 radical (unpaired) electrons. The Labute approximate surface area is 205 Å². The van der Waals surface area contributed by atoms with Crippen LogP contribution in [0.25, 0.3) is 0 Å². The molecular formula is C23H39N7O5. The molecule has 0 spiro atoms. The summed E-state index contributed by atoms with van der Waals surface area (Å²) >= 11 is 0. The van der Waals surface area contributed by atoms with E-state index in [-0.39, 0.29) is 12.3 Å². The molecule has 12 nitrogen and oxygen atoms in total. The maximum absolute atomic E-state index is 13.3. The Kier molecular flexibility index (Phi) is 11.1. The maximum Gasteiger partial charge on any atom is 0.326 e. The Morgan fingerprint density at radius 1 is 1.20 bits per heavy atom. The van der Waals surface area contributed by atoms with Crippen LogP contribution in [0.2, 0.25) is 0 Å². The topological polar surface area (TPSA) is 197 Å². The van der Waals surface area contributed by atoms with Gasteiger partial charge in [0.2, 0.25) is 17.7 Å². The summed E-state index contributed by atoms with van der Waals surface area (Å²) in [5.41, 5.74) is 12.2. The molecule has 3 amide bonds. The molecule has 2 heterocycles. The highest BCUT2D eigenvalue weighted by atomic mass is 16.4. The lowest BCUT2D eigenvalue weighted by molar-refractivity contribution is -0.149. The third kappa shape index (κ3) is 8.62. The first-order chi connectivity index (χ1) is 16.6. The average molecular weight is 494 g/mol. The highest BCUT2D eigenvalue weighted by molar-refractivity contribution is 5.94. The Balaban J connectivity index is 2.18. The Morgan fingerprint density at radius 2 is 1.91 bits per heavy atom. The number of carbonyl (C=O) groups excluding carboxylic acids is 3. The summed E-state index contributed by atoms with van der Waals surface area (Å²) in [6, 6.07) is -3.62. The normalized spacial score (nSPS) is 18.2. The van der Waals surface area contributed by atoms with Crippen molar-refractivity contribution in [1.82, 2.24) is 25.5 Å². The van der Waals surface area contributed by atoms with Crippen molar-refractivity contribution in [3.05, 3.63) is 18.2 Å². The first-order valence-corrected chi connectivity index (χ1v) is 12.2. The van der Waals surface area contributed by atoms with Gasteiger partial charge in [0.15, 0.2) is 0 Å². The van der Waals surface area contributed by atoms with Crippen LogP contribution in [0.15, 0.2) is 12.5 Å². The first-order valence-electron chi connectivity index (χ1n) is 12.2. The minimum absolute atomic E-state index is 0.122. The van der Waals surface area contributed by atoms with Crippen molar-refractivity contribution >= 4 is 23.7 Å². The Morgan fingerprint density at radius 3 is 2.51 bits per heavy atom. The van der Waals surface area contributed by atoms with Crippen molar-refractivity contribution in [1.29, 1.82) is 0 Å². The van der Waals surface area contributed by atoms with E-state index in [9.17, 15) is 24.3 Å². The molecule has 0 aliphatic carbocycles. The van der Waals surface area contributed by atoms with E-state index in [2.05, 4.69) is 20.6 Å². The molecule has 1 saturated heterocycles. The number of hydrogen-bond acceptors (Lipinski definition) is 7. The number of carbonyl (C=O) groups is 4. The fourth-order valence-electron chi connectivity index (χ4n) is 4.23. The molecule has 2 rings (SSSR count). The summed E-state index contributed by atoms with van der Waals surface area (Å²) in [7, 11) is 0. The second kappa shape index (κ2) is 13.8. The molecule has 4 unspecified atom stereocenters. The predicted molar refractivity (Wildman–Crippen MR) is 129 cm³/mol. The van der Waals surface area contributed by atoms with E-state index >= 15 is 0 Å². The van der Waals surface area contributed by atoms with Gasteiger partial charge in [-0.2, -0.15) is 0 Å². The number of nitrogens with two attached hydrogens (primary N) is 2. The fourth-order valence-corrected chi connectivity index (χ4v) is 4.23. The number of carboxylic acid groups (broad SMARTS) is 1. The number of nitrogens with one attached hydrogen (secondary N) is 3. The van der Waals surface area contributed by atoms with E-state index in [1.807, 2.05) is 13.8 Å². The number of H-pyrrole nitrogens is 1. The number of nitrogens with zero attached hydrogens (tertiary/aromatic N) is 2. The monoisotopic (exact) mass is 493 g/mol. The summed E-state index contributed by atoms with van der Waals surface area (Å²) in [5.74, 6) is -2.32. The van der Waals surface area contributed by atoms with Crippen molar-refractivity contribution in [2.45, 2.75) is 83.0 Å². The lowest BCUT2D eigenvalue weighted by Gasteiger charge is -2.29. The summed E-state index contributed by atoms with van der Waals surface area (Å²) in [6.07, 6.45) is 6.09. The van der Waals surface area contributed by atoms with Gasteiger partial charge in [-0.05, 0) is 51.0 Å². The van der Waals surface area contributed by atoms with Crippen LogP contribution in [0.4, 0.5) is 0 Å². The van der Waals surface area contributed by atoms with Crippen LogP contribution in [0.1, 0.15) is 58.1 Å². The largest absolute Gasteiger partial charge is 0.480 e. The number of aromatic nitrogens is 2. The molecule has 1 aliphatic heterocycles. The number of unbranched alkanes of at least 4 members (excludes halogenated alkanes) is 1. The zero-order chi connectivity index (χ0) is 26.0. The van der Waals surface area contributed by atoms with Gasteiger partial charge in [-0.15, -0.1) is 0 Å². The zero-order valence-electron chi connectivity index (χ0n) is 20.5. The molecular weight excluding hydrogens is 454 g/mol. The van der Waals surface area contributed by atoms with Crippen LogP contribution in [0.3, 0.4) is 0 Å². The number of amides is 3. The number of aliphatic carboxylic acids is 1. The van der Waals surface area contributed by atoms with Gasteiger partial charge in [0.05, 0.1) is 12.4 Å². The lowest BCUT2D eigenvalue weighted by atomic mass is 10.0. The standard InChI is InChI=1S/C23H39N7O5/c1-14(2)10-16(25)20(31)29-18(11-15-12-26-13-27-15)21(32)28-17(6-3-4-8-24)22(33)30-9-5-7-19(30)23(34)35/h12-14,16-19H,3-11,24-25H2,1-2H3,(H,26,27)(H,28,32)(H,29,31)(H,34,35). The van der Waals surface area contributed by atoms with Gasteiger partial charge in [-0.3, -0.25) is 14.4 Å². The van der Waals surface area contributed by atoms with Gasteiger partial charge >= 0.3 is 5.97 Å². The minimum Gasteiger partial charge on any atom is -0.480 e. The summed E-state index contributed by atoms with van der Waals surface area (Å²) < 4.78 is 0. The minimum atomic E-state index is -1.06.